The van der Waals surface area contributed by atoms with Crippen LogP contribution in [0.3, 0.4) is 0 Å². The molecule has 2 heterocycles. The largest absolute Gasteiger partial charge is 0.427 e. The van der Waals surface area contributed by atoms with E-state index in [9.17, 15) is 5.21 Å². The minimum Gasteiger partial charge on any atom is -0.427 e. The Morgan fingerprint density at radius 3 is 2.79 bits per heavy atom. The number of benzene rings is 1. The highest BCUT2D eigenvalue weighted by Gasteiger charge is 2.16. The minimum atomic E-state index is -0.290. The molecule has 24 heavy (non-hydrogen) atoms. The van der Waals surface area contributed by atoms with Crippen LogP contribution >= 0.6 is 23.2 Å². The van der Waals surface area contributed by atoms with Crippen molar-refractivity contribution in [3.8, 4) is 11.5 Å². The normalized spacial score (nSPS) is 11.0. The van der Waals surface area contributed by atoms with Crippen molar-refractivity contribution in [2.75, 3.05) is 11.1 Å². The van der Waals surface area contributed by atoms with Gasteiger partial charge in [0.05, 0.1) is 28.5 Å². The maximum Gasteiger partial charge on any atom is 0.246 e. The van der Waals surface area contributed by atoms with Crippen LogP contribution in [0, 0.1) is 12.3 Å². The van der Waals surface area contributed by atoms with Gasteiger partial charge in [0.2, 0.25) is 11.4 Å². The quantitative estimate of drug-likeness (QED) is 0.527. The molecule has 0 spiro atoms. The van der Waals surface area contributed by atoms with Gasteiger partial charge in [-0.2, -0.15) is 14.7 Å². The Labute approximate surface area is 146 Å². The van der Waals surface area contributed by atoms with Crippen LogP contribution in [-0.4, -0.2) is 24.9 Å². The summed E-state index contributed by atoms with van der Waals surface area (Å²) in [6.07, 6.45) is 1.38. The summed E-state index contributed by atoms with van der Waals surface area (Å²) in [5.74, 6) is 0.0994. The van der Waals surface area contributed by atoms with Crippen molar-refractivity contribution < 1.29 is 5.21 Å². The SMILES string of the molecule is Cc1c(NCc2cn(O)c3nc(=N)nc(N)c-3n2)ccc(Cl)c1Cl. The molecule has 0 fully saturated rings. The van der Waals surface area contributed by atoms with Crippen LogP contribution in [0.1, 0.15) is 11.3 Å². The maximum absolute atomic E-state index is 10.0. The van der Waals surface area contributed by atoms with Gasteiger partial charge < -0.3 is 16.3 Å². The van der Waals surface area contributed by atoms with Crippen LogP contribution in [-0.2, 0) is 6.54 Å². The number of hydrogen-bond donors (Lipinski definition) is 4. The molecule has 2 aliphatic heterocycles. The molecule has 1 aromatic rings. The zero-order valence-corrected chi connectivity index (χ0v) is 14.0. The van der Waals surface area contributed by atoms with Crippen molar-refractivity contribution in [3.63, 3.8) is 0 Å². The van der Waals surface area contributed by atoms with Gasteiger partial charge >= 0.3 is 0 Å². The van der Waals surface area contributed by atoms with E-state index in [0.29, 0.717) is 22.3 Å². The van der Waals surface area contributed by atoms with Gasteiger partial charge in [0.15, 0.2) is 11.5 Å². The summed E-state index contributed by atoms with van der Waals surface area (Å²) in [5, 5.41) is 21.6. The predicted octanol–water partition coefficient (Wildman–Crippen LogP) is 2.30. The third-order valence-electron chi connectivity index (χ3n) is 3.44. The van der Waals surface area contributed by atoms with E-state index >= 15 is 0 Å². The van der Waals surface area contributed by atoms with Crippen LogP contribution in [0.5, 0.6) is 0 Å². The zero-order chi connectivity index (χ0) is 17.4. The standard InChI is InChI=1S/C14H13Cl2N7O/c1-6-9(3-2-8(15)10(6)16)19-4-7-5-23(24)13-11(20-7)12(17)21-14(18)22-13/h2-3,5,19,24H,4H2,1H3,(H3,17,18,21). The second kappa shape index (κ2) is 6.14. The summed E-state index contributed by atoms with van der Waals surface area (Å²) < 4.78 is 0.775. The molecule has 10 heteroatoms. The summed E-state index contributed by atoms with van der Waals surface area (Å²) in [7, 11) is 0. The summed E-state index contributed by atoms with van der Waals surface area (Å²) >= 11 is 12.1. The van der Waals surface area contributed by atoms with Crippen LogP contribution in [0.2, 0.25) is 10.0 Å². The topological polar surface area (TPSA) is 126 Å². The molecule has 1 aromatic carbocycles. The Balaban J connectivity index is 1.93. The Hall–Kier alpha value is -2.58. The number of anilines is 2. The van der Waals surface area contributed by atoms with Crippen molar-refractivity contribution >= 4 is 34.7 Å². The van der Waals surface area contributed by atoms with Gasteiger partial charge in [-0.1, -0.05) is 23.2 Å². The number of aromatic nitrogens is 4. The third kappa shape index (κ3) is 2.93. The highest BCUT2D eigenvalue weighted by molar-refractivity contribution is 6.42. The lowest BCUT2D eigenvalue weighted by molar-refractivity contribution is 0.184. The molecule has 3 rings (SSSR count). The van der Waals surface area contributed by atoms with Gasteiger partial charge in [-0.15, -0.1) is 0 Å². The van der Waals surface area contributed by atoms with Gasteiger partial charge in [-0.05, 0) is 24.6 Å². The second-order valence-corrected chi connectivity index (χ2v) is 5.85. The first-order valence-corrected chi connectivity index (χ1v) is 7.60. The van der Waals surface area contributed by atoms with E-state index in [2.05, 4.69) is 20.3 Å². The molecular formula is C14H13Cl2N7O. The summed E-state index contributed by atoms with van der Waals surface area (Å²) in [4.78, 5) is 11.9. The van der Waals surface area contributed by atoms with Crippen LogP contribution in [0.4, 0.5) is 11.5 Å². The number of hydrogen-bond acceptors (Lipinski definition) is 7. The summed E-state index contributed by atoms with van der Waals surface area (Å²) in [6, 6.07) is 3.50. The van der Waals surface area contributed by atoms with Crippen molar-refractivity contribution in [2.45, 2.75) is 13.5 Å². The fraction of sp³-hybridized carbons (Fsp3) is 0.143. The van der Waals surface area contributed by atoms with Crippen LogP contribution < -0.4 is 16.7 Å². The van der Waals surface area contributed by atoms with Crippen molar-refractivity contribution in [3.05, 3.63) is 45.3 Å². The van der Waals surface area contributed by atoms with Crippen molar-refractivity contribution in [2.24, 2.45) is 0 Å². The molecule has 0 bridgehead atoms. The van der Waals surface area contributed by atoms with Gasteiger partial charge in [-0.25, -0.2) is 4.98 Å². The number of halogens is 2. The lowest BCUT2D eigenvalue weighted by atomic mass is 10.2. The predicted molar refractivity (Wildman–Crippen MR) is 90.4 cm³/mol. The molecule has 0 unspecified atom stereocenters. The van der Waals surface area contributed by atoms with E-state index in [0.717, 1.165) is 16.0 Å². The maximum atomic E-state index is 10.0. The minimum absolute atomic E-state index is 0.0281. The van der Waals surface area contributed by atoms with E-state index in [1.807, 2.05) is 6.92 Å². The Bertz CT molecular complexity index is 957. The highest BCUT2D eigenvalue weighted by atomic mass is 35.5. The number of rotatable bonds is 3. The molecule has 0 aromatic heterocycles. The monoisotopic (exact) mass is 365 g/mol. The van der Waals surface area contributed by atoms with E-state index in [1.54, 1.807) is 12.1 Å². The van der Waals surface area contributed by atoms with E-state index < -0.39 is 0 Å². The number of fused-ring (bicyclic) bond motifs is 1. The Kier molecular flexibility index (Phi) is 4.16. The van der Waals surface area contributed by atoms with Crippen LogP contribution in [0.25, 0.3) is 11.5 Å². The fourth-order valence-electron chi connectivity index (χ4n) is 2.22. The zero-order valence-electron chi connectivity index (χ0n) is 12.5. The molecule has 0 aliphatic carbocycles. The average molecular weight is 366 g/mol. The molecule has 5 N–H and O–H groups in total. The number of nitrogens with zero attached hydrogens (tertiary/aromatic N) is 4. The van der Waals surface area contributed by atoms with Gasteiger partial charge in [0.25, 0.3) is 0 Å². The van der Waals surface area contributed by atoms with E-state index in [4.69, 9.17) is 34.3 Å². The first kappa shape index (κ1) is 16.3. The Morgan fingerprint density at radius 1 is 1.29 bits per heavy atom. The molecule has 0 amide bonds. The van der Waals surface area contributed by atoms with Crippen molar-refractivity contribution in [1.82, 2.24) is 19.7 Å². The summed E-state index contributed by atoms with van der Waals surface area (Å²) in [6.45, 7) is 2.15. The Morgan fingerprint density at radius 2 is 2.04 bits per heavy atom. The number of nitrogens with one attached hydrogen (secondary N) is 2. The molecule has 2 aliphatic rings. The third-order valence-corrected chi connectivity index (χ3v) is 4.33. The summed E-state index contributed by atoms with van der Waals surface area (Å²) in [5.41, 5.74) is 7.79. The number of nitrogen functional groups attached to an aromatic ring is 1. The average Bonchev–Trinajstić information content (AvgIpc) is 2.53. The molecule has 0 saturated heterocycles. The first-order chi connectivity index (χ1) is 11.4. The molecule has 0 atom stereocenters. The highest BCUT2D eigenvalue weighted by Crippen LogP contribution is 2.31. The van der Waals surface area contributed by atoms with Crippen LogP contribution in [0.15, 0.2) is 18.3 Å². The molecule has 0 saturated carbocycles. The van der Waals surface area contributed by atoms with Gasteiger partial charge in [0, 0.05) is 5.69 Å². The van der Waals surface area contributed by atoms with E-state index in [-0.39, 0.29) is 23.0 Å². The fourth-order valence-corrected chi connectivity index (χ4v) is 2.59. The lowest BCUT2D eigenvalue weighted by Crippen LogP contribution is -2.21. The van der Waals surface area contributed by atoms with Gasteiger partial charge in [-0.3, -0.25) is 5.41 Å². The lowest BCUT2D eigenvalue weighted by Gasteiger charge is -2.14. The molecule has 0 radical (unpaired) electrons. The second-order valence-electron chi connectivity index (χ2n) is 5.07. The number of nitrogens with two attached hydrogens (primary N) is 1. The smallest absolute Gasteiger partial charge is 0.246 e. The molecule has 8 nitrogen and oxygen atoms in total. The van der Waals surface area contributed by atoms with Crippen molar-refractivity contribution in [1.29, 1.82) is 5.41 Å². The molecule has 124 valence electrons. The van der Waals surface area contributed by atoms with Gasteiger partial charge in [0.1, 0.15) is 0 Å². The molecular weight excluding hydrogens is 353 g/mol. The first-order valence-electron chi connectivity index (χ1n) is 6.85. The van der Waals surface area contributed by atoms with E-state index in [1.165, 1.54) is 6.20 Å².